The number of anilines is 1. The molecule has 0 saturated carbocycles. The molecule has 1 heterocycles. The summed E-state index contributed by atoms with van der Waals surface area (Å²) in [4.78, 5) is 3.99. The Morgan fingerprint density at radius 1 is 0.833 bits per heavy atom. The normalized spacial score (nSPS) is 11.3. The van der Waals surface area contributed by atoms with E-state index in [1.54, 1.807) is 49.8 Å². The highest BCUT2D eigenvalue weighted by Gasteiger charge is 2.21. The predicted octanol–water partition coefficient (Wildman–Crippen LogP) is 4.08. The first-order chi connectivity index (χ1) is 14.5. The van der Waals surface area contributed by atoms with Crippen molar-refractivity contribution in [3.8, 4) is 17.2 Å². The van der Waals surface area contributed by atoms with Crippen molar-refractivity contribution in [1.82, 2.24) is 4.98 Å². The molecule has 3 rings (SSSR count). The van der Waals surface area contributed by atoms with Crippen molar-refractivity contribution in [3.63, 3.8) is 0 Å². The van der Waals surface area contributed by atoms with Crippen LogP contribution < -0.4 is 18.9 Å². The molecule has 0 fully saturated rings. The van der Waals surface area contributed by atoms with E-state index in [1.165, 1.54) is 26.4 Å². The lowest BCUT2D eigenvalue weighted by atomic mass is 10.1. The van der Waals surface area contributed by atoms with Crippen LogP contribution in [0.1, 0.15) is 11.1 Å². The van der Waals surface area contributed by atoms with Gasteiger partial charge in [-0.3, -0.25) is 9.71 Å². The SMILES string of the molecule is COc1ccc(NS(=O)(=O)c2ccc(OC)cc2OC)c(C=Cc2ccncc2)c1. The number of hydrogen-bond acceptors (Lipinski definition) is 6. The fraction of sp³-hybridized carbons (Fsp3) is 0.136. The van der Waals surface area contributed by atoms with Gasteiger partial charge >= 0.3 is 0 Å². The maximum Gasteiger partial charge on any atom is 0.265 e. The third-order valence-electron chi connectivity index (χ3n) is 4.32. The molecule has 1 N–H and O–H groups in total. The first-order valence-corrected chi connectivity index (χ1v) is 10.5. The van der Waals surface area contributed by atoms with Gasteiger partial charge in [0.15, 0.2) is 0 Å². The van der Waals surface area contributed by atoms with Crippen LogP contribution in [0.4, 0.5) is 5.69 Å². The lowest BCUT2D eigenvalue weighted by Crippen LogP contribution is -2.15. The largest absolute Gasteiger partial charge is 0.497 e. The first kappa shape index (κ1) is 21.2. The van der Waals surface area contributed by atoms with Gasteiger partial charge in [-0.25, -0.2) is 8.42 Å². The molecule has 0 radical (unpaired) electrons. The zero-order valence-electron chi connectivity index (χ0n) is 16.8. The highest BCUT2D eigenvalue weighted by atomic mass is 32.2. The molecule has 0 amide bonds. The van der Waals surface area contributed by atoms with Crippen molar-refractivity contribution in [2.45, 2.75) is 4.90 Å². The van der Waals surface area contributed by atoms with Crippen molar-refractivity contribution in [1.29, 1.82) is 0 Å². The minimum absolute atomic E-state index is 0.00526. The van der Waals surface area contributed by atoms with E-state index in [4.69, 9.17) is 14.2 Å². The summed E-state index contributed by atoms with van der Waals surface area (Å²) in [5.74, 6) is 1.29. The summed E-state index contributed by atoms with van der Waals surface area (Å²) < 4.78 is 44.4. The van der Waals surface area contributed by atoms with Gasteiger partial charge in [0, 0.05) is 24.0 Å². The number of sulfonamides is 1. The van der Waals surface area contributed by atoms with Crippen LogP contribution in [0.3, 0.4) is 0 Å². The molecule has 1 aromatic heterocycles. The average Bonchev–Trinajstić information content (AvgIpc) is 2.78. The Morgan fingerprint density at radius 2 is 1.50 bits per heavy atom. The summed E-state index contributed by atoms with van der Waals surface area (Å²) in [6.07, 6.45) is 7.04. The number of pyridine rings is 1. The van der Waals surface area contributed by atoms with E-state index in [0.29, 0.717) is 22.7 Å². The summed E-state index contributed by atoms with van der Waals surface area (Å²) in [6.45, 7) is 0. The molecule has 2 aromatic carbocycles. The maximum atomic E-state index is 13.1. The summed E-state index contributed by atoms with van der Waals surface area (Å²) >= 11 is 0. The van der Waals surface area contributed by atoms with Gasteiger partial charge in [-0.05, 0) is 48.0 Å². The third kappa shape index (κ3) is 4.90. The standard InChI is InChI=1S/C22H22N2O5S/c1-27-18-6-8-20(17(14-18)5-4-16-10-12-23-13-11-16)24-30(25,26)22-9-7-19(28-2)15-21(22)29-3/h4-15,24H,1-3H3. The van der Waals surface area contributed by atoms with Gasteiger partial charge in [0.05, 0.1) is 27.0 Å². The molecule has 156 valence electrons. The Kier molecular flexibility index (Phi) is 6.58. The molecule has 0 aliphatic carbocycles. The number of ether oxygens (including phenoxy) is 3. The number of nitrogens with one attached hydrogen (secondary N) is 1. The van der Waals surface area contributed by atoms with Crippen LogP contribution in [-0.2, 0) is 10.0 Å². The van der Waals surface area contributed by atoms with Crippen molar-refractivity contribution in [3.05, 3.63) is 72.1 Å². The molecular weight excluding hydrogens is 404 g/mol. The number of nitrogens with zero attached hydrogens (tertiary/aromatic N) is 1. The first-order valence-electron chi connectivity index (χ1n) is 8.98. The van der Waals surface area contributed by atoms with Crippen molar-refractivity contribution >= 4 is 27.9 Å². The van der Waals surface area contributed by atoms with Gasteiger partial charge < -0.3 is 14.2 Å². The summed E-state index contributed by atoms with van der Waals surface area (Å²) in [6, 6.07) is 13.3. The van der Waals surface area contributed by atoms with Gasteiger partial charge in [-0.1, -0.05) is 12.2 Å². The van der Waals surface area contributed by atoms with Crippen LogP contribution in [-0.4, -0.2) is 34.7 Å². The second-order valence-corrected chi connectivity index (χ2v) is 7.84. The Balaban J connectivity index is 1.98. The predicted molar refractivity (Wildman–Crippen MR) is 117 cm³/mol. The number of benzene rings is 2. The Bertz CT molecular complexity index is 1150. The van der Waals surface area contributed by atoms with E-state index < -0.39 is 10.0 Å². The molecular formula is C22H22N2O5S. The van der Waals surface area contributed by atoms with Crippen LogP contribution in [0.15, 0.2) is 65.8 Å². The molecule has 0 unspecified atom stereocenters. The summed E-state index contributed by atoms with van der Waals surface area (Å²) in [5.41, 5.74) is 1.97. The van der Waals surface area contributed by atoms with Crippen LogP contribution >= 0.6 is 0 Å². The number of rotatable bonds is 8. The molecule has 8 heteroatoms. The topological polar surface area (TPSA) is 86.8 Å². The minimum Gasteiger partial charge on any atom is -0.497 e. The lowest BCUT2D eigenvalue weighted by Gasteiger charge is -2.15. The second kappa shape index (κ2) is 9.32. The molecule has 0 aliphatic heterocycles. The fourth-order valence-electron chi connectivity index (χ4n) is 2.76. The Hall–Kier alpha value is -3.52. The highest BCUT2D eigenvalue weighted by molar-refractivity contribution is 7.92. The van der Waals surface area contributed by atoms with Gasteiger partial charge in [-0.2, -0.15) is 0 Å². The fourth-order valence-corrected chi connectivity index (χ4v) is 4.00. The van der Waals surface area contributed by atoms with Crippen LogP contribution in [0, 0.1) is 0 Å². The van der Waals surface area contributed by atoms with Gasteiger partial charge in [0.25, 0.3) is 10.0 Å². The molecule has 0 bridgehead atoms. The van der Waals surface area contributed by atoms with E-state index >= 15 is 0 Å². The van der Waals surface area contributed by atoms with E-state index in [-0.39, 0.29) is 10.6 Å². The molecule has 3 aromatic rings. The molecule has 7 nitrogen and oxygen atoms in total. The van der Waals surface area contributed by atoms with Crippen molar-refractivity contribution < 1.29 is 22.6 Å². The molecule has 0 aliphatic rings. The van der Waals surface area contributed by atoms with E-state index in [2.05, 4.69) is 9.71 Å². The zero-order chi connectivity index (χ0) is 21.6. The molecule has 0 spiro atoms. The number of hydrogen-bond donors (Lipinski definition) is 1. The minimum atomic E-state index is -3.92. The van der Waals surface area contributed by atoms with Crippen molar-refractivity contribution in [2.24, 2.45) is 0 Å². The zero-order valence-corrected chi connectivity index (χ0v) is 17.6. The molecule has 30 heavy (non-hydrogen) atoms. The van der Waals surface area contributed by atoms with Crippen LogP contribution in [0.5, 0.6) is 17.2 Å². The van der Waals surface area contributed by atoms with E-state index in [9.17, 15) is 8.42 Å². The quantitative estimate of drug-likeness (QED) is 0.584. The Labute approximate surface area is 176 Å². The average molecular weight is 426 g/mol. The number of aromatic nitrogens is 1. The molecule has 0 atom stereocenters. The Morgan fingerprint density at radius 3 is 2.17 bits per heavy atom. The monoisotopic (exact) mass is 426 g/mol. The van der Waals surface area contributed by atoms with Crippen LogP contribution in [0.25, 0.3) is 12.2 Å². The lowest BCUT2D eigenvalue weighted by molar-refractivity contribution is 0.386. The van der Waals surface area contributed by atoms with Gasteiger partial charge in [-0.15, -0.1) is 0 Å². The smallest absolute Gasteiger partial charge is 0.265 e. The van der Waals surface area contributed by atoms with Crippen LogP contribution in [0.2, 0.25) is 0 Å². The van der Waals surface area contributed by atoms with Gasteiger partial charge in [0.1, 0.15) is 22.1 Å². The van der Waals surface area contributed by atoms with E-state index in [1.807, 2.05) is 18.2 Å². The summed E-state index contributed by atoms with van der Waals surface area (Å²) in [7, 11) is 0.539. The van der Waals surface area contributed by atoms with Crippen molar-refractivity contribution in [2.75, 3.05) is 26.1 Å². The second-order valence-electron chi connectivity index (χ2n) is 6.19. The maximum absolute atomic E-state index is 13.1. The number of methoxy groups -OCH3 is 3. The summed E-state index contributed by atoms with van der Waals surface area (Å²) in [5, 5.41) is 0. The van der Waals surface area contributed by atoms with E-state index in [0.717, 1.165) is 5.56 Å². The van der Waals surface area contributed by atoms with Gasteiger partial charge in [0.2, 0.25) is 0 Å². The highest BCUT2D eigenvalue weighted by Crippen LogP contribution is 2.32. The molecule has 0 saturated heterocycles. The third-order valence-corrected chi connectivity index (χ3v) is 5.73.